The summed E-state index contributed by atoms with van der Waals surface area (Å²) in [5, 5.41) is 8.00. The van der Waals surface area contributed by atoms with E-state index in [9.17, 15) is 0 Å². The molecule has 0 atom stereocenters. The first-order chi connectivity index (χ1) is 7.31. The fraction of sp³-hybridized carbons (Fsp3) is 0.222. The highest BCUT2D eigenvalue weighted by Crippen LogP contribution is 2.20. The summed E-state index contributed by atoms with van der Waals surface area (Å²) in [7, 11) is 0. The molecule has 6 heteroatoms. The van der Waals surface area contributed by atoms with Crippen LogP contribution in [0.15, 0.2) is 24.7 Å². The Hall–Kier alpha value is -2.11. The molecule has 0 bridgehead atoms. The van der Waals surface area contributed by atoms with Crippen molar-refractivity contribution < 1.29 is 4.74 Å². The number of nitrogen functional groups attached to an aromatic ring is 1. The molecule has 0 aromatic carbocycles. The predicted molar refractivity (Wildman–Crippen MR) is 54.7 cm³/mol. The van der Waals surface area contributed by atoms with Crippen LogP contribution in [0.3, 0.4) is 0 Å². The van der Waals surface area contributed by atoms with Crippen molar-refractivity contribution in [1.29, 1.82) is 0 Å². The van der Waals surface area contributed by atoms with Gasteiger partial charge < -0.3 is 10.5 Å². The summed E-state index contributed by atoms with van der Waals surface area (Å²) in [6, 6.07) is 1.72. The molecule has 0 saturated heterocycles. The van der Waals surface area contributed by atoms with Crippen LogP contribution in [-0.4, -0.2) is 26.6 Å². The quantitative estimate of drug-likeness (QED) is 0.795. The van der Waals surface area contributed by atoms with Gasteiger partial charge >= 0.3 is 0 Å². The summed E-state index contributed by atoms with van der Waals surface area (Å²) in [6.45, 7) is 2.42. The van der Waals surface area contributed by atoms with Gasteiger partial charge in [-0.3, -0.25) is 0 Å². The van der Waals surface area contributed by atoms with Crippen LogP contribution in [0, 0.1) is 0 Å². The summed E-state index contributed by atoms with van der Waals surface area (Å²) in [5.41, 5.74) is 6.83. The lowest BCUT2D eigenvalue weighted by Gasteiger charge is -2.07. The van der Waals surface area contributed by atoms with E-state index in [1.54, 1.807) is 18.5 Å². The van der Waals surface area contributed by atoms with Crippen molar-refractivity contribution in [2.75, 3.05) is 12.3 Å². The van der Waals surface area contributed by atoms with Crippen LogP contribution < -0.4 is 10.5 Å². The first kappa shape index (κ1) is 9.45. The largest absolute Gasteiger partial charge is 0.476 e. The van der Waals surface area contributed by atoms with Gasteiger partial charge in [0.25, 0.3) is 0 Å². The molecule has 2 aromatic rings. The van der Waals surface area contributed by atoms with Crippen molar-refractivity contribution in [2.24, 2.45) is 0 Å². The lowest BCUT2D eigenvalue weighted by Crippen LogP contribution is -2.06. The number of rotatable bonds is 3. The highest BCUT2D eigenvalue weighted by atomic mass is 16.5. The maximum absolute atomic E-state index is 5.64. The molecule has 0 amide bonds. The van der Waals surface area contributed by atoms with E-state index in [4.69, 9.17) is 10.5 Å². The smallest absolute Gasteiger partial charge is 0.241 e. The third-order valence-electron chi connectivity index (χ3n) is 1.77. The van der Waals surface area contributed by atoms with Crippen molar-refractivity contribution in [3.8, 4) is 11.6 Å². The van der Waals surface area contributed by atoms with Gasteiger partial charge in [0, 0.05) is 0 Å². The van der Waals surface area contributed by atoms with Crippen LogP contribution in [-0.2, 0) is 0 Å². The van der Waals surface area contributed by atoms with Crippen LogP contribution in [0.5, 0.6) is 5.88 Å². The zero-order valence-corrected chi connectivity index (χ0v) is 8.29. The number of hydrogen-bond acceptors (Lipinski definition) is 5. The molecule has 0 saturated carbocycles. The first-order valence-corrected chi connectivity index (χ1v) is 4.56. The molecule has 2 rings (SSSR count). The molecular formula is C9H11N5O. The van der Waals surface area contributed by atoms with Gasteiger partial charge in [0.1, 0.15) is 5.69 Å². The van der Waals surface area contributed by atoms with Gasteiger partial charge in [-0.05, 0) is 13.0 Å². The summed E-state index contributed by atoms with van der Waals surface area (Å²) < 4.78 is 5.35. The van der Waals surface area contributed by atoms with Gasteiger partial charge in [-0.1, -0.05) is 0 Å². The van der Waals surface area contributed by atoms with E-state index in [0.717, 1.165) is 0 Å². The summed E-state index contributed by atoms with van der Waals surface area (Å²) in [4.78, 5) is 5.50. The Labute approximate surface area is 86.7 Å². The normalized spacial score (nSPS) is 10.2. The molecule has 78 valence electrons. The van der Waals surface area contributed by atoms with Crippen LogP contribution in [0.2, 0.25) is 0 Å². The standard InChI is InChI=1S/C9H11N5O/c1-2-15-9-8(5-7(10)6-11-9)14-12-3-4-13-14/h3-6H,2,10H2,1H3. The van der Waals surface area contributed by atoms with Crippen molar-refractivity contribution in [1.82, 2.24) is 20.0 Å². The monoisotopic (exact) mass is 205 g/mol. The van der Waals surface area contributed by atoms with Crippen LogP contribution in [0.25, 0.3) is 5.69 Å². The highest BCUT2D eigenvalue weighted by molar-refractivity contribution is 5.50. The van der Waals surface area contributed by atoms with E-state index in [1.165, 1.54) is 11.0 Å². The average Bonchev–Trinajstić information content (AvgIpc) is 2.74. The van der Waals surface area contributed by atoms with Gasteiger partial charge in [-0.25, -0.2) is 4.98 Å². The molecule has 0 unspecified atom stereocenters. The molecule has 6 nitrogen and oxygen atoms in total. The number of nitrogens with zero attached hydrogens (tertiary/aromatic N) is 4. The third-order valence-corrected chi connectivity index (χ3v) is 1.77. The predicted octanol–water partition coefficient (Wildman–Crippen LogP) is 0.643. The molecule has 2 heterocycles. The number of nitrogens with two attached hydrogens (primary N) is 1. The molecule has 0 radical (unpaired) electrons. The highest BCUT2D eigenvalue weighted by Gasteiger charge is 2.08. The van der Waals surface area contributed by atoms with E-state index in [1.807, 2.05) is 6.92 Å². The Kier molecular flexibility index (Phi) is 2.49. The minimum Gasteiger partial charge on any atom is -0.476 e. The maximum Gasteiger partial charge on any atom is 0.241 e. The number of pyridine rings is 1. The lowest BCUT2D eigenvalue weighted by molar-refractivity contribution is 0.324. The SMILES string of the molecule is CCOc1ncc(N)cc1-n1nccn1. The number of ether oxygens (including phenoxy) is 1. The maximum atomic E-state index is 5.64. The van der Waals surface area contributed by atoms with Crippen molar-refractivity contribution >= 4 is 5.69 Å². The molecule has 0 aliphatic heterocycles. The van der Waals surface area contributed by atoms with Gasteiger partial charge in [0.05, 0.1) is 30.9 Å². The van der Waals surface area contributed by atoms with E-state index in [-0.39, 0.29) is 0 Å². The summed E-state index contributed by atoms with van der Waals surface area (Å²) in [6.07, 6.45) is 4.70. The van der Waals surface area contributed by atoms with Crippen molar-refractivity contribution in [2.45, 2.75) is 6.92 Å². The molecule has 0 spiro atoms. The summed E-state index contributed by atoms with van der Waals surface area (Å²) in [5.74, 6) is 0.475. The van der Waals surface area contributed by atoms with Crippen LogP contribution >= 0.6 is 0 Å². The van der Waals surface area contributed by atoms with E-state index >= 15 is 0 Å². The Morgan fingerprint density at radius 1 is 1.40 bits per heavy atom. The molecule has 2 N–H and O–H groups in total. The number of anilines is 1. The van der Waals surface area contributed by atoms with Gasteiger partial charge in [0.2, 0.25) is 5.88 Å². The van der Waals surface area contributed by atoms with Crippen molar-refractivity contribution in [3.05, 3.63) is 24.7 Å². The Morgan fingerprint density at radius 2 is 2.13 bits per heavy atom. The Morgan fingerprint density at radius 3 is 2.80 bits per heavy atom. The molecule has 0 fully saturated rings. The first-order valence-electron chi connectivity index (χ1n) is 4.56. The molecule has 2 aromatic heterocycles. The fourth-order valence-electron chi connectivity index (χ4n) is 1.19. The molecule has 0 aliphatic carbocycles. The molecule has 15 heavy (non-hydrogen) atoms. The van der Waals surface area contributed by atoms with Crippen LogP contribution in [0.1, 0.15) is 6.92 Å². The third kappa shape index (κ3) is 1.88. The lowest BCUT2D eigenvalue weighted by atomic mass is 10.4. The Bertz CT molecular complexity index is 440. The second-order valence-electron chi connectivity index (χ2n) is 2.84. The number of aromatic nitrogens is 4. The van der Waals surface area contributed by atoms with Gasteiger partial charge in [0.15, 0.2) is 0 Å². The fourth-order valence-corrected chi connectivity index (χ4v) is 1.19. The van der Waals surface area contributed by atoms with Crippen molar-refractivity contribution in [3.63, 3.8) is 0 Å². The Balaban J connectivity index is 2.47. The molecular weight excluding hydrogens is 194 g/mol. The number of hydrogen-bond donors (Lipinski definition) is 1. The second-order valence-corrected chi connectivity index (χ2v) is 2.84. The molecule has 0 aliphatic rings. The van der Waals surface area contributed by atoms with E-state index in [2.05, 4.69) is 15.2 Å². The van der Waals surface area contributed by atoms with E-state index < -0.39 is 0 Å². The topological polar surface area (TPSA) is 78.9 Å². The van der Waals surface area contributed by atoms with Gasteiger partial charge in [-0.2, -0.15) is 10.2 Å². The zero-order valence-electron chi connectivity index (χ0n) is 8.29. The van der Waals surface area contributed by atoms with Crippen LogP contribution in [0.4, 0.5) is 5.69 Å². The zero-order chi connectivity index (χ0) is 10.7. The van der Waals surface area contributed by atoms with Gasteiger partial charge in [-0.15, -0.1) is 4.80 Å². The summed E-state index contributed by atoms with van der Waals surface area (Å²) >= 11 is 0. The minimum absolute atomic E-state index is 0.475. The second kappa shape index (κ2) is 3.95. The van der Waals surface area contributed by atoms with E-state index in [0.29, 0.717) is 23.9 Å². The average molecular weight is 205 g/mol. The minimum atomic E-state index is 0.475.